The van der Waals surface area contributed by atoms with E-state index >= 15 is 0 Å². The van der Waals surface area contributed by atoms with E-state index in [0.717, 1.165) is 11.1 Å². The average Bonchev–Trinajstić information content (AvgIpc) is 2.83. The molecule has 5 nitrogen and oxygen atoms in total. The second-order valence-electron chi connectivity index (χ2n) is 4.44. The highest BCUT2D eigenvalue weighted by atomic mass is 32.2. The number of rotatable bonds is 2. The molecule has 2 aromatic rings. The van der Waals surface area contributed by atoms with E-state index < -0.39 is 10.0 Å². The lowest BCUT2D eigenvalue weighted by Gasteiger charge is -2.15. The maximum absolute atomic E-state index is 12.5. The number of hydrogen-bond acceptors (Lipinski definition) is 4. The summed E-state index contributed by atoms with van der Waals surface area (Å²) in [5.41, 5.74) is 7.95. The second-order valence-corrected chi connectivity index (χ2v) is 6.29. The van der Waals surface area contributed by atoms with E-state index in [1.54, 1.807) is 12.1 Å². The molecule has 19 heavy (non-hydrogen) atoms. The first-order valence-corrected chi connectivity index (χ1v) is 7.30. The molecule has 0 spiro atoms. The quantitative estimate of drug-likeness (QED) is 0.898. The van der Waals surface area contributed by atoms with Gasteiger partial charge in [0.25, 0.3) is 10.0 Å². The summed E-state index contributed by atoms with van der Waals surface area (Å²) < 4.78 is 26.4. The van der Waals surface area contributed by atoms with Crippen LogP contribution in [0.5, 0.6) is 0 Å². The van der Waals surface area contributed by atoms with Crippen molar-refractivity contribution in [2.45, 2.75) is 18.1 Å². The number of fused-ring (bicyclic) bond motifs is 1. The van der Waals surface area contributed by atoms with Crippen molar-refractivity contribution in [3.63, 3.8) is 0 Å². The fourth-order valence-electron chi connectivity index (χ4n) is 2.21. The smallest absolute Gasteiger partial charge is 0.263 e. The van der Waals surface area contributed by atoms with E-state index in [1.165, 1.54) is 10.5 Å². The highest BCUT2D eigenvalue weighted by Crippen LogP contribution is 2.29. The van der Waals surface area contributed by atoms with Crippen LogP contribution in [0.15, 0.2) is 47.6 Å². The predicted octanol–water partition coefficient (Wildman–Crippen LogP) is 1.37. The van der Waals surface area contributed by atoms with Gasteiger partial charge in [0.2, 0.25) is 0 Å². The third kappa shape index (κ3) is 1.98. The Kier molecular flexibility index (Phi) is 2.76. The zero-order valence-corrected chi connectivity index (χ0v) is 11.0. The first kappa shape index (κ1) is 12.1. The van der Waals surface area contributed by atoms with Gasteiger partial charge in [-0.1, -0.05) is 24.3 Å². The van der Waals surface area contributed by atoms with Gasteiger partial charge in [0.1, 0.15) is 0 Å². The second kappa shape index (κ2) is 4.32. The van der Waals surface area contributed by atoms with Crippen molar-refractivity contribution in [3.8, 4) is 0 Å². The Hall–Kier alpha value is -1.92. The van der Waals surface area contributed by atoms with Gasteiger partial charge < -0.3 is 5.73 Å². The predicted molar refractivity (Wildman–Crippen MR) is 71.5 cm³/mol. The molecule has 0 fully saturated rings. The van der Waals surface area contributed by atoms with Crippen molar-refractivity contribution >= 4 is 15.7 Å². The molecule has 1 aliphatic heterocycles. The summed E-state index contributed by atoms with van der Waals surface area (Å²) in [5.74, 6) is 0. The highest BCUT2D eigenvalue weighted by Gasteiger charge is 2.32. The summed E-state index contributed by atoms with van der Waals surface area (Å²) in [5, 5.41) is -0.0668. The third-order valence-electron chi connectivity index (χ3n) is 3.20. The van der Waals surface area contributed by atoms with Crippen LogP contribution in [-0.2, 0) is 23.1 Å². The van der Waals surface area contributed by atoms with Gasteiger partial charge >= 0.3 is 0 Å². The normalized spacial score (nSPS) is 15.4. The minimum absolute atomic E-state index is 0.0668. The molecule has 0 aliphatic carbocycles. The van der Waals surface area contributed by atoms with E-state index in [0.29, 0.717) is 13.1 Å². The van der Waals surface area contributed by atoms with Crippen LogP contribution in [0.2, 0.25) is 0 Å². The van der Waals surface area contributed by atoms with E-state index in [9.17, 15) is 8.42 Å². The van der Waals surface area contributed by atoms with Crippen molar-refractivity contribution in [1.82, 2.24) is 9.29 Å². The number of nitrogens with zero attached hydrogens (tertiary/aromatic N) is 2. The number of benzene rings is 1. The standard InChI is InChI=1S/C13H13N3O2S/c14-12-6-3-7-15-13(12)19(17,18)16-8-10-4-1-2-5-11(10)9-16/h1-7H,8-9,14H2. The molecule has 2 N–H and O–H groups in total. The molecule has 0 atom stereocenters. The van der Waals surface area contributed by atoms with E-state index in [1.807, 2.05) is 24.3 Å². The number of aromatic nitrogens is 1. The Morgan fingerprint density at radius 2 is 1.68 bits per heavy atom. The van der Waals surface area contributed by atoms with Crippen LogP contribution in [0, 0.1) is 0 Å². The maximum Gasteiger partial charge on any atom is 0.263 e. The van der Waals surface area contributed by atoms with Gasteiger partial charge in [0, 0.05) is 19.3 Å². The zero-order valence-electron chi connectivity index (χ0n) is 10.2. The number of sulfonamides is 1. The van der Waals surface area contributed by atoms with Crippen LogP contribution in [0.25, 0.3) is 0 Å². The van der Waals surface area contributed by atoms with Gasteiger partial charge in [-0.15, -0.1) is 0 Å². The number of nitrogen functional groups attached to an aromatic ring is 1. The molecule has 0 amide bonds. The van der Waals surface area contributed by atoms with Crippen LogP contribution in [0.3, 0.4) is 0 Å². The minimum atomic E-state index is -3.64. The molecule has 0 unspecified atom stereocenters. The van der Waals surface area contributed by atoms with Gasteiger partial charge in [-0.3, -0.25) is 0 Å². The lowest BCUT2D eigenvalue weighted by atomic mass is 10.1. The molecule has 98 valence electrons. The van der Waals surface area contributed by atoms with Crippen molar-refractivity contribution in [1.29, 1.82) is 0 Å². The molecular weight excluding hydrogens is 262 g/mol. The Labute approximate surface area is 111 Å². The first-order chi connectivity index (χ1) is 9.09. The van der Waals surface area contributed by atoms with Crippen LogP contribution in [0.1, 0.15) is 11.1 Å². The maximum atomic E-state index is 12.5. The van der Waals surface area contributed by atoms with Gasteiger partial charge in [0.15, 0.2) is 5.03 Å². The zero-order chi connectivity index (χ0) is 13.5. The summed E-state index contributed by atoms with van der Waals surface area (Å²) >= 11 is 0. The summed E-state index contributed by atoms with van der Waals surface area (Å²) in [6, 6.07) is 10.9. The van der Waals surface area contributed by atoms with E-state index in [-0.39, 0.29) is 10.7 Å². The fraction of sp³-hybridized carbons (Fsp3) is 0.154. The molecule has 3 rings (SSSR count). The lowest BCUT2D eigenvalue weighted by Crippen LogP contribution is -2.27. The monoisotopic (exact) mass is 275 g/mol. The van der Waals surface area contributed by atoms with Crippen molar-refractivity contribution in [2.24, 2.45) is 0 Å². The Morgan fingerprint density at radius 3 is 2.26 bits per heavy atom. The van der Waals surface area contributed by atoms with Gasteiger partial charge in [-0.25, -0.2) is 13.4 Å². The molecule has 0 radical (unpaired) electrons. The van der Waals surface area contributed by atoms with Crippen LogP contribution < -0.4 is 5.73 Å². The number of pyridine rings is 1. The summed E-state index contributed by atoms with van der Waals surface area (Å²) in [6.45, 7) is 0.739. The largest absolute Gasteiger partial charge is 0.396 e. The van der Waals surface area contributed by atoms with Crippen molar-refractivity contribution in [2.75, 3.05) is 5.73 Å². The van der Waals surface area contributed by atoms with Gasteiger partial charge in [0.05, 0.1) is 5.69 Å². The summed E-state index contributed by atoms with van der Waals surface area (Å²) in [4.78, 5) is 3.90. The van der Waals surface area contributed by atoms with Crippen LogP contribution >= 0.6 is 0 Å². The fourth-order valence-corrected chi connectivity index (χ4v) is 3.64. The van der Waals surface area contributed by atoms with E-state index in [2.05, 4.69) is 4.98 Å². The van der Waals surface area contributed by atoms with Gasteiger partial charge in [-0.2, -0.15) is 4.31 Å². The SMILES string of the molecule is Nc1cccnc1S(=O)(=O)N1Cc2ccccc2C1. The third-order valence-corrected chi connectivity index (χ3v) is 4.96. The molecule has 2 heterocycles. The Balaban J connectivity index is 1.99. The highest BCUT2D eigenvalue weighted by molar-refractivity contribution is 7.89. The lowest BCUT2D eigenvalue weighted by molar-refractivity contribution is 0.429. The topological polar surface area (TPSA) is 76.3 Å². The minimum Gasteiger partial charge on any atom is -0.396 e. The number of nitrogens with two attached hydrogens (primary N) is 1. The molecule has 0 bridgehead atoms. The molecule has 6 heteroatoms. The molecule has 1 aromatic heterocycles. The summed E-state index contributed by atoms with van der Waals surface area (Å²) in [6.07, 6.45) is 1.44. The molecule has 1 aromatic carbocycles. The molecule has 0 saturated carbocycles. The molecular formula is C13H13N3O2S. The first-order valence-electron chi connectivity index (χ1n) is 5.86. The van der Waals surface area contributed by atoms with Crippen LogP contribution in [-0.4, -0.2) is 17.7 Å². The van der Waals surface area contributed by atoms with Crippen LogP contribution in [0.4, 0.5) is 5.69 Å². The Morgan fingerprint density at radius 1 is 1.05 bits per heavy atom. The van der Waals surface area contributed by atoms with Crippen molar-refractivity contribution < 1.29 is 8.42 Å². The number of anilines is 1. The average molecular weight is 275 g/mol. The Bertz CT molecular complexity index is 703. The molecule has 1 aliphatic rings. The van der Waals surface area contributed by atoms with E-state index in [4.69, 9.17) is 5.73 Å². The summed E-state index contributed by atoms with van der Waals surface area (Å²) in [7, 11) is -3.64. The molecule has 0 saturated heterocycles. The van der Waals surface area contributed by atoms with Gasteiger partial charge in [-0.05, 0) is 23.3 Å². The number of hydrogen-bond donors (Lipinski definition) is 1. The van der Waals surface area contributed by atoms with Crippen molar-refractivity contribution in [3.05, 3.63) is 53.7 Å².